The van der Waals surface area contributed by atoms with Gasteiger partial charge in [0.25, 0.3) is 5.91 Å². The van der Waals surface area contributed by atoms with Crippen LogP contribution in [0.1, 0.15) is 5.56 Å². The minimum absolute atomic E-state index is 0.0771. The maximum atomic E-state index is 12.9. The third-order valence-corrected chi connectivity index (χ3v) is 5.13. The number of amides is 1. The molecule has 0 atom stereocenters. The smallest absolute Gasteiger partial charge is 0.252 e. The van der Waals surface area contributed by atoms with Crippen LogP contribution in [0.3, 0.4) is 0 Å². The Hall–Kier alpha value is -2.70. The van der Waals surface area contributed by atoms with Gasteiger partial charge in [-0.05, 0) is 37.9 Å². The van der Waals surface area contributed by atoms with Crippen molar-refractivity contribution in [2.75, 3.05) is 39.2 Å². The number of anilines is 1. The Morgan fingerprint density at radius 1 is 1.15 bits per heavy atom. The van der Waals surface area contributed by atoms with Crippen molar-refractivity contribution in [1.29, 1.82) is 0 Å². The molecule has 0 aliphatic carbocycles. The average molecular weight is 382 g/mol. The largest absolute Gasteiger partial charge is 0.497 e. The number of ether oxygens (including phenoxy) is 1. The van der Waals surface area contributed by atoms with Gasteiger partial charge in [-0.25, -0.2) is 4.98 Å². The standard InChI is InChI=1S/C21H23N3O2S/c1-23(2)13-14-24(20(25)12-9-16-7-5-4-6-8-16)21-22-18-15-17(26-3)10-11-19(18)27-21/h4-12,15H,13-14H2,1-3H3/b12-9+. The highest BCUT2D eigenvalue weighted by molar-refractivity contribution is 7.22. The zero-order chi connectivity index (χ0) is 19.2. The summed E-state index contributed by atoms with van der Waals surface area (Å²) in [5.74, 6) is 0.682. The lowest BCUT2D eigenvalue weighted by atomic mass is 10.2. The number of carbonyl (C=O) groups is 1. The van der Waals surface area contributed by atoms with Crippen molar-refractivity contribution in [3.63, 3.8) is 0 Å². The summed E-state index contributed by atoms with van der Waals surface area (Å²) in [4.78, 5) is 21.3. The number of hydrogen-bond acceptors (Lipinski definition) is 5. The Morgan fingerprint density at radius 2 is 1.93 bits per heavy atom. The fourth-order valence-corrected chi connectivity index (χ4v) is 3.54. The molecular formula is C21H23N3O2S. The van der Waals surface area contributed by atoms with Gasteiger partial charge in [0, 0.05) is 25.2 Å². The molecule has 3 aromatic rings. The monoisotopic (exact) mass is 381 g/mol. The maximum absolute atomic E-state index is 12.9. The molecule has 1 aromatic heterocycles. The zero-order valence-corrected chi connectivity index (χ0v) is 16.6. The second-order valence-corrected chi connectivity index (χ2v) is 7.38. The lowest BCUT2D eigenvalue weighted by molar-refractivity contribution is -0.114. The number of likely N-dealkylation sites (N-methyl/N-ethyl adjacent to an activating group) is 1. The van der Waals surface area contributed by atoms with Gasteiger partial charge in [-0.2, -0.15) is 0 Å². The number of hydrogen-bond donors (Lipinski definition) is 0. The normalized spacial score (nSPS) is 11.4. The quantitative estimate of drug-likeness (QED) is 0.582. The van der Waals surface area contributed by atoms with E-state index in [-0.39, 0.29) is 5.91 Å². The van der Waals surface area contributed by atoms with Crippen LogP contribution in [0.2, 0.25) is 0 Å². The predicted molar refractivity (Wildman–Crippen MR) is 113 cm³/mol. The molecule has 1 heterocycles. The lowest BCUT2D eigenvalue weighted by Gasteiger charge is -2.20. The van der Waals surface area contributed by atoms with Gasteiger partial charge in [-0.15, -0.1) is 0 Å². The van der Waals surface area contributed by atoms with Gasteiger partial charge < -0.3 is 9.64 Å². The number of benzene rings is 2. The predicted octanol–water partition coefficient (Wildman–Crippen LogP) is 3.91. The number of methoxy groups -OCH3 is 1. The van der Waals surface area contributed by atoms with Crippen molar-refractivity contribution >= 4 is 38.7 Å². The molecule has 0 saturated carbocycles. The summed E-state index contributed by atoms with van der Waals surface area (Å²) in [6.07, 6.45) is 3.44. The van der Waals surface area contributed by atoms with Gasteiger partial charge in [-0.3, -0.25) is 9.69 Å². The first kappa shape index (κ1) is 19.1. The highest BCUT2D eigenvalue weighted by Gasteiger charge is 2.18. The molecule has 0 spiro atoms. The minimum Gasteiger partial charge on any atom is -0.497 e. The van der Waals surface area contributed by atoms with E-state index in [9.17, 15) is 4.79 Å². The van der Waals surface area contributed by atoms with Crippen LogP contribution in [0.5, 0.6) is 5.75 Å². The Kier molecular flexibility index (Phi) is 6.21. The molecule has 140 valence electrons. The van der Waals surface area contributed by atoms with Crippen molar-refractivity contribution in [1.82, 2.24) is 9.88 Å². The second-order valence-electron chi connectivity index (χ2n) is 6.37. The van der Waals surface area contributed by atoms with E-state index < -0.39 is 0 Å². The molecule has 3 rings (SSSR count). The first-order chi connectivity index (χ1) is 13.1. The van der Waals surface area contributed by atoms with Crippen LogP contribution in [0, 0.1) is 0 Å². The van der Waals surface area contributed by atoms with Gasteiger partial charge in [0.1, 0.15) is 5.75 Å². The minimum atomic E-state index is -0.0771. The van der Waals surface area contributed by atoms with E-state index in [1.165, 1.54) is 11.3 Å². The number of rotatable bonds is 7. The number of nitrogens with zero attached hydrogens (tertiary/aromatic N) is 3. The second kappa shape index (κ2) is 8.79. The summed E-state index contributed by atoms with van der Waals surface area (Å²) in [7, 11) is 5.62. The van der Waals surface area contributed by atoms with Crippen LogP contribution < -0.4 is 9.64 Å². The fraction of sp³-hybridized carbons (Fsp3) is 0.238. The topological polar surface area (TPSA) is 45.7 Å². The molecule has 27 heavy (non-hydrogen) atoms. The van der Waals surface area contributed by atoms with Crippen molar-refractivity contribution in [2.24, 2.45) is 0 Å². The molecule has 0 radical (unpaired) electrons. The Labute approximate surface area is 163 Å². The van der Waals surface area contributed by atoms with Crippen LogP contribution in [0.15, 0.2) is 54.6 Å². The third kappa shape index (κ3) is 4.93. The van der Waals surface area contributed by atoms with E-state index in [0.717, 1.165) is 28.1 Å². The molecule has 0 bridgehead atoms. The molecule has 0 saturated heterocycles. The summed E-state index contributed by atoms with van der Waals surface area (Å²) in [6, 6.07) is 15.6. The van der Waals surface area contributed by atoms with E-state index in [4.69, 9.17) is 4.74 Å². The van der Waals surface area contributed by atoms with E-state index in [1.54, 1.807) is 18.1 Å². The van der Waals surface area contributed by atoms with Gasteiger partial charge in [0.05, 0.1) is 17.3 Å². The van der Waals surface area contributed by atoms with Crippen LogP contribution >= 0.6 is 11.3 Å². The Morgan fingerprint density at radius 3 is 2.63 bits per heavy atom. The molecule has 1 amide bonds. The van der Waals surface area contributed by atoms with Crippen molar-refractivity contribution in [3.05, 3.63) is 60.2 Å². The maximum Gasteiger partial charge on any atom is 0.252 e. The van der Waals surface area contributed by atoms with Crippen LogP contribution in [0.25, 0.3) is 16.3 Å². The molecule has 5 nitrogen and oxygen atoms in total. The van der Waals surface area contributed by atoms with Crippen molar-refractivity contribution < 1.29 is 9.53 Å². The number of aromatic nitrogens is 1. The van der Waals surface area contributed by atoms with E-state index in [2.05, 4.69) is 9.88 Å². The SMILES string of the molecule is COc1ccc2sc(N(CCN(C)C)C(=O)/C=C/c3ccccc3)nc2c1. The number of fused-ring (bicyclic) bond motifs is 1. The zero-order valence-electron chi connectivity index (χ0n) is 15.8. The molecule has 2 aromatic carbocycles. The summed E-state index contributed by atoms with van der Waals surface area (Å²) in [6.45, 7) is 1.33. The van der Waals surface area contributed by atoms with Crippen LogP contribution in [-0.4, -0.2) is 50.1 Å². The average Bonchev–Trinajstić information content (AvgIpc) is 3.09. The molecule has 0 fully saturated rings. The molecule has 6 heteroatoms. The van der Waals surface area contributed by atoms with Crippen LogP contribution in [-0.2, 0) is 4.79 Å². The first-order valence-electron chi connectivity index (χ1n) is 8.71. The summed E-state index contributed by atoms with van der Waals surface area (Å²) >= 11 is 1.51. The molecular weight excluding hydrogens is 358 g/mol. The summed E-state index contributed by atoms with van der Waals surface area (Å²) < 4.78 is 6.30. The van der Waals surface area contributed by atoms with Crippen molar-refractivity contribution in [3.8, 4) is 5.75 Å². The highest BCUT2D eigenvalue weighted by Crippen LogP contribution is 2.31. The summed E-state index contributed by atoms with van der Waals surface area (Å²) in [5.41, 5.74) is 1.83. The molecule has 0 N–H and O–H groups in total. The Balaban J connectivity index is 1.88. The van der Waals surface area contributed by atoms with E-state index in [0.29, 0.717) is 11.7 Å². The van der Waals surface area contributed by atoms with Gasteiger partial charge in [-0.1, -0.05) is 41.7 Å². The number of carbonyl (C=O) groups excluding carboxylic acids is 1. The summed E-state index contributed by atoms with van der Waals surface area (Å²) in [5, 5.41) is 0.697. The first-order valence-corrected chi connectivity index (χ1v) is 9.52. The van der Waals surface area contributed by atoms with Gasteiger partial charge >= 0.3 is 0 Å². The van der Waals surface area contributed by atoms with Gasteiger partial charge in [0.15, 0.2) is 5.13 Å². The molecule has 0 aliphatic rings. The van der Waals surface area contributed by atoms with Crippen LogP contribution in [0.4, 0.5) is 5.13 Å². The van der Waals surface area contributed by atoms with E-state index in [1.807, 2.05) is 68.7 Å². The highest BCUT2D eigenvalue weighted by atomic mass is 32.1. The number of thiazole rings is 1. The Bertz CT molecular complexity index is 935. The van der Waals surface area contributed by atoms with E-state index >= 15 is 0 Å². The van der Waals surface area contributed by atoms with Gasteiger partial charge in [0.2, 0.25) is 0 Å². The fourth-order valence-electron chi connectivity index (χ4n) is 2.56. The third-order valence-electron chi connectivity index (χ3n) is 4.07. The lowest BCUT2D eigenvalue weighted by Crippen LogP contribution is -2.35. The molecule has 0 aliphatic heterocycles. The van der Waals surface area contributed by atoms with Crippen molar-refractivity contribution in [2.45, 2.75) is 0 Å². The molecule has 0 unspecified atom stereocenters.